The Morgan fingerprint density at radius 3 is 2.80 bits per heavy atom. The number of rotatable bonds is 1. The highest BCUT2D eigenvalue weighted by atomic mass is 16.2. The van der Waals surface area contributed by atoms with Crippen molar-refractivity contribution in [2.75, 3.05) is 26.7 Å². The van der Waals surface area contributed by atoms with Crippen LogP contribution in [-0.2, 0) is 0 Å². The van der Waals surface area contributed by atoms with Gasteiger partial charge in [0, 0.05) is 24.8 Å². The molecule has 0 aliphatic carbocycles. The van der Waals surface area contributed by atoms with Crippen molar-refractivity contribution in [2.45, 2.75) is 37.6 Å². The topological polar surface area (TPSA) is 36.4 Å². The molecule has 2 fully saturated rings. The van der Waals surface area contributed by atoms with Gasteiger partial charge in [0.05, 0.1) is 0 Å². The summed E-state index contributed by atoms with van der Waals surface area (Å²) < 4.78 is 0. The van der Waals surface area contributed by atoms with Gasteiger partial charge in [-0.05, 0) is 51.4 Å². The Labute approximate surface area is 120 Å². The van der Waals surface area contributed by atoms with Gasteiger partial charge in [-0.2, -0.15) is 0 Å². The van der Waals surface area contributed by atoms with Crippen molar-refractivity contribution < 1.29 is 4.79 Å². The van der Waals surface area contributed by atoms with E-state index in [2.05, 4.69) is 16.9 Å². The van der Waals surface area contributed by atoms with Crippen molar-refractivity contribution in [3.8, 4) is 0 Å². The molecular formula is C16H23N3O. The van der Waals surface area contributed by atoms with E-state index in [4.69, 9.17) is 0 Å². The number of likely N-dealkylation sites (N-methyl/N-ethyl adjacent to an activating group) is 1. The molecule has 4 heteroatoms. The zero-order chi connectivity index (χ0) is 14.0. The molecule has 2 aliphatic rings. The van der Waals surface area contributed by atoms with Crippen LogP contribution in [0.5, 0.6) is 0 Å². The fourth-order valence-electron chi connectivity index (χ4n) is 3.68. The zero-order valence-corrected chi connectivity index (χ0v) is 12.2. The molecule has 20 heavy (non-hydrogen) atoms. The normalized spacial score (nSPS) is 27.8. The number of carbonyl (C=O) groups excluding carboxylic acids is 1. The van der Waals surface area contributed by atoms with Crippen LogP contribution in [0.4, 0.5) is 0 Å². The van der Waals surface area contributed by atoms with E-state index < -0.39 is 0 Å². The van der Waals surface area contributed by atoms with E-state index in [0.29, 0.717) is 5.69 Å². The Hall–Kier alpha value is -1.42. The molecule has 1 unspecified atom stereocenters. The minimum Gasteiger partial charge on any atom is -0.335 e. The van der Waals surface area contributed by atoms with Crippen molar-refractivity contribution in [2.24, 2.45) is 0 Å². The predicted octanol–water partition coefficient (Wildman–Crippen LogP) is 2.17. The lowest BCUT2D eigenvalue weighted by Crippen LogP contribution is -2.60. The quantitative estimate of drug-likeness (QED) is 0.787. The van der Waals surface area contributed by atoms with Gasteiger partial charge in [-0.15, -0.1) is 0 Å². The Morgan fingerprint density at radius 1 is 1.20 bits per heavy atom. The summed E-state index contributed by atoms with van der Waals surface area (Å²) in [4.78, 5) is 21.3. The first-order chi connectivity index (χ1) is 9.71. The van der Waals surface area contributed by atoms with Crippen LogP contribution in [-0.4, -0.2) is 52.9 Å². The predicted molar refractivity (Wildman–Crippen MR) is 78.6 cm³/mol. The second kappa shape index (κ2) is 5.52. The smallest absolute Gasteiger partial charge is 0.272 e. The van der Waals surface area contributed by atoms with Crippen molar-refractivity contribution >= 4 is 5.91 Å². The molecule has 2 aliphatic heterocycles. The molecule has 108 valence electrons. The van der Waals surface area contributed by atoms with Crippen LogP contribution >= 0.6 is 0 Å². The van der Waals surface area contributed by atoms with E-state index >= 15 is 0 Å². The largest absolute Gasteiger partial charge is 0.335 e. The fraction of sp³-hybridized carbons (Fsp3) is 0.625. The molecule has 0 radical (unpaired) electrons. The van der Waals surface area contributed by atoms with Crippen molar-refractivity contribution in [3.63, 3.8) is 0 Å². The first-order valence-corrected chi connectivity index (χ1v) is 7.63. The zero-order valence-electron chi connectivity index (χ0n) is 12.2. The number of hydrogen-bond donors (Lipinski definition) is 0. The van der Waals surface area contributed by atoms with Crippen molar-refractivity contribution in [1.29, 1.82) is 0 Å². The van der Waals surface area contributed by atoms with Crippen molar-refractivity contribution in [3.05, 3.63) is 30.1 Å². The van der Waals surface area contributed by atoms with Crippen LogP contribution in [0.15, 0.2) is 24.4 Å². The summed E-state index contributed by atoms with van der Waals surface area (Å²) in [5, 5.41) is 0. The maximum absolute atomic E-state index is 12.6. The Morgan fingerprint density at radius 2 is 2.05 bits per heavy atom. The van der Waals surface area contributed by atoms with E-state index in [1.165, 1.54) is 25.7 Å². The van der Waals surface area contributed by atoms with Crippen LogP contribution in [0.3, 0.4) is 0 Å². The minimum atomic E-state index is 0.0867. The van der Waals surface area contributed by atoms with Crippen LogP contribution in [0, 0.1) is 0 Å². The number of likely N-dealkylation sites (tertiary alicyclic amines) is 2. The molecule has 1 atom stereocenters. The summed E-state index contributed by atoms with van der Waals surface area (Å²) in [5.41, 5.74) is 0.782. The van der Waals surface area contributed by atoms with Gasteiger partial charge in [0.15, 0.2) is 0 Å². The average Bonchev–Trinajstić information content (AvgIpc) is 2.51. The molecule has 2 saturated heterocycles. The lowest BCUT2D eigenvalue weighted by molar-refractivity contribution is 0.00279. The average molecular weight is 273 g/mol. The van der Waals surface area contributed by atoms with Crippen LogP contribution < -0.4 is 0 Å². The van der Waals surface area contributed by atoms with Gasteiger partial charge in [0.25, 0.3) is 5.91 Å². The molecule has 0 saturated carbocycles. The maximum atomic E-state index is 12.6. The Bertz CT molecular complexity index is 472. The number of nitrogens with zero attached hydrogens (tertiary/aromatic N) is 3. The fourth-order valence-corrected chi connectivity index (χ4v) is 3.68. The van der Waals surface area contributed by atoms with Gasteiger partial charge in [-0.3, -0.25) is 14.7 Å². The summed E-state index contributed by atoms with van der Waals surface area (Å²) in [6.07, 6.45) is 7.80. The van der Waals surface area contributed by atoms with Gasteiger partial charge in [-0.25, -0.2) is 0 Å². The SMILES string of the molecule is CN1CCCCC12CCCN(C(=O)c1ccccn1)C2. The molecule has 1 amide bonds. The van der Waals surface area contributed by atoms with Gasteiger partial charge in [0.1, 0.15) is 5.69 Å². The third kappa shape index (κ3) is 2.44. The molecule has 4 nitrogen and oxygen atoms in total. The molecule has 0 N–H and O–H groups in total. The highest BCUT2D eigenvalue weighted by Gasteiger charge is 2.41. The van der Waals surface area contributed by atoms with Crippen LogP contribution in [0.2, 0.25) is 0 Å². The summed E-state index contributed by atoms with van der Waals surface area (Å²) in [6.45, 7) is 2.88. The van der Waals surface area contributed by atoms with Gasteiger partial charge >= 0.3 is 0 Å². The summed E-state index contributed by atoms with van der Waals surface area (Å²) >= 11 is 0. The van der Waals surface area contributed by atoms with Crippen molar-refractivity contribution in [1.82, 2.24) is 14.8 Å². The van der Waals surface area contributed by atoms with Crippen LogP contribution in [0.25, 0.3) is 0 Å². The number of hydrogen-bond acceptors (Lipinski definition) is 3. The minimum absolute atomic E-state index is 0.0867. The summed E-state index contributed by atoms with van der Waals surface area (Å²) in [5.74, 6) is 0.0867. The van der Waals surface area contributed by atoms with E-state index in [-0.39, 0.29) is 11.4 Å². The summed E-state index contributed by atoms with van der Waals surface area (Å²) in [6, 6.07) is 5.55. The lowest BCUT2D eigenvalue weighted by atomic mass is 9.80. The van der Waals surface area contributed by atoms with Gasteiger partial charge in [0.2, 0.25) is 0 Å². The highest BCUT2D eigenvalue weighted by Crippen LogP contribution is 2.35. The molecular weight excluding hydrogens is 250 g/mol. The molecule has 0 bridgehead atoms. The number of carbonyl (C=O) groups is 1. The van der Waals surface area contributed by atoms with E-state index in [1.807, 2.05) is 23.1 Å². The molecule has 1 spiro atoms. The van der Waals surface area contributed by atoms with E-state index in [9.17, 15) is 4.79 Å². The van der Waals surface area contributed by atoms with Crippen LogP contribution in [0.1, 0.15) is 42.6 Å². The second-order valence-corrected chi connectivity index (χ2v) is 6.15. The molecule has 1 aromatic rings. The lowest BCUT2D eigenvalue weighted by Gasteiger charge is -2.50. The first-order valence-electron chi connectivity index (χ1n) is 7.63. The number of pyridine rings is 1. The highest BCUT2D eigenvalue weighted by molar-refractivity contribution is 5.92. The number of piperidine rings is 2. The standard InChI is InChI=1S/C16H23N3O/c1-18-11-5-3-8-16(18)9-6-12-19(13-16)15(20)14-7-2-4-10-17-14/h2,4,7,10H,3,5-6,8-9,11-13H2,1H3. The molecule has 0 aromatic carbocycles. The third-order valence-corrected chi connectivity index (χ3v) is 4.92. The number of aromatic nitrogens is 1. The molecule has 1 aromatic heterocycles. The summed E-state index contributed by atoms with van der Waals surface area (Å²) in [7, 11) is 2.22. The van der Waals surface area contributed by atoms with E-state index in [0.717, 1.165) is 26.1 Å². The number of amides is 1. The Kier molecular flexibility index (Phi) is 3.74. The van der Waals surface area contributed by atoms with Gasteiger partial charge < -0.3 is 4.90 Å². The molecule has 3 rings (SSSR count). The maximum Gasteiger partial charge on any atom is 0.272 e. The Balaban J connectivity index is 1.76. The third-order valence-electron chi connectivity index (χ3n) is 4.92. The van der Waals surface area contributed by atoms with Gasteiger partial charge in [-0.1, -0.05) is 12.5 Å². The first kappa shape index (κ1) is 13.6. The monoisotopic (exact) mass is 273 g/mol. The van der Waals surface area contributed by atoms with E-state index in [1.54, 1.807) is 6.20 Å². The second-order valence-electron chi connectivity index (χ2n) is 6.15. The molecule has 3 heterocycles.